The van der Waals surface area contributed by atoms with Crippen LogP contribution in [-0.2, 0) is 20.7 Å². The van der Waals surface area contributed by atoms with Gasteiger partial charge in [0.2, 0.25) is 11.7 Å². The Bertz CT molecular complexity index is 962. The number of benzene rings is 2. The molecule has 1 saturated heterocycles. The lowest BCUT2D eigenvalue weighted by molar-refractivity contribution is -0.127. The van der Waals surface area contributed by atoms with E-state index in [1.54, 1.807) is 6.07 Å². The lowest BCUT2D eigenvalue weighted by atomic mass is 10.0. The van der Waals surface area contributed by atoms with Gasteiger partial charge in [0, 0.05) is 6.42 Å². The van der Waals surface area contributed by atoms with Crippen LogP contribution in [0.1, 0.15) is 23.6 Å². The fourth-order valence-electron chi connectivity index (χ4n) is 3.53. The first-order valence-electron chi connectivity index (χ1n) is 10.1. The normalized spacial score (nSPS) is 14.0. The average Bonchev–Trinajstić information content (AvgIpc) is 3.14. The van der Waals surface area contributed by atoms with Crippen LogP contribution in [-0.4, -0.2) is 57.3 Å². The molecular formula is C23H26N2O7. The lowest BCUT2D eigenvalue weighted by Gasteiger charge is -2.23. The van der Waals surface area contributed by atoms with E-state index in [-0.39, 0.29) is 25.5 Å². The van der Waals surface area contributed by atoms with Crippen LogP contribution in [0.15, 0.2) is 42.5 Å². The van der Waals surface area contributed by atoms with Gasteiger partial charge >= 0.3 is 6.09 Å². The Morgan fingerprint density at radius 1 is 1.03 bits per heavy atom. The number of ether oxygens (including phenoxy) is 4. The first kappa shape index (κ1) is 22.9. The Hall–Kier alpha value is -3.75. The second-order valence-corrected chi connectivity index (χ2v) is 7.08. The van der Waals surface area contributed by atoms with E-state index in [1.807, 2.05) is 36.4 Å². The zero-order chi connectivity index (χ0) is 23.1. The highest BCUT2D eigenvalue weighted by Crippen LogP contribution is 2.40. The van der Waals surface area contributed by atoms with Crippen molar-refractivity contribution in [2.75, 3.05) is 34.5 Å². The quantitative estimate of drug-likeness (QED) is 0.603. The highest BCUT2D eigenvalue weighted by atomic mass is 16.6. The van der Waals surface area contributed by atoms with Gasteiger partial charge in [0.15, 0.2) is 18.1 Å². The predicted octanol–water partition coefficient (Wildman–Crippen LogP) is 2.48. The molecule has 0 spiro atoms. The maximum absolute atomic E-state index is 12.8. The number of aryl methyl sites for hydroxylation is 1. The Kier molecular flexibility index (Phi) is 7.54. The fourth-order valence-corrected chi connectivity index (χ4v) is 3.53. The molecule has 1 aliphatic rings. The molecule has 0 aromatic heterocycles. The van der Waals surface area contributed by atoms with E-state index in [0.29, 0.717) is 23.7 Å². The molecule has 0 saturated carbocycles. The first-order chi connectivity index (χ1) is 15.5. The molecule has 0 unspecified atom stereocenters. The van der Waals surface area contributed by atoms with Gasteiger partial charge in [0.25, 0.3) is 5.91 Å². The number of cyclic esters (lactones) is 1. The number of nitrogens with zero attached hydrogens (tertiary/aromatic N) is 1. The number of hydrogen-bond acceptors (Lipinski definition) is 7. The van der Waals surface area contributed by atoms with Crippen molar-refractivity contribution >= 4 is 17.9 Å². The van der Waals surface area contributed by atoms with E-state index in [1.165, 1.54) is 21.3 Å². The molecule has 170 valence electrons. The van der Waals surface area contributed by atoms with Gasteiger partial charge in [0.1, 0.15) is 0 Å². The van der Waals surface area contributed by atoms with E-state index in [4.69, 9.17) is 18.9 Å². The number of carbonyl (C=O) groups is 3. The van der Waals surface area contributed by atoms with Crippen molar-refractivity contribution in [1.82, 2.24) is 10.2 Å². The Labute approximate surface area is 186 Å². The van der Waals surface area contributed by atoms with Crippen molar-refractivity contribution in [2.24, 2.45) is 0 Å². The summed E-state index contributed by atoms with van der Waals surface area (Å²) in [5.74, 6) is 0.825. The van der Waals surface area contributed by atoms with Gasteiger partial charge in [-0.2, -0.15) is 0 Å². The SMILES string of the molecule is COc1ccc(CCC(=O)N[C@@H](CN2C(=O)COC2=O)c2ccccc2)c(OC)c1OC. The van der Waals surface area contributed by atoms with Gasteiger partial charge in [-0.25, -0.2) is 9.69 Å². The van der Waals surface area contributed by atoms with Crippen molar-refractivity contribution in [2.45, 2.75) is 18.9 Å². The highest BCUT2D eigenvalue weighted by molar-refractivity contribution is 5.97. The third-order valence-corrected chi connectivity index (χ3v) is 5.15. The van der Waals surface area contributed by atoms with Gasteiger partial charge in [-0.1, -0.05) is 36.4 Å². The van der Waals surface area contributed by atoms with Crippen LogP contribution in [0.4, 0.5) is 4.79 Å². The van der Waals surface area contributed by atoms with Crippen LogP contribution in [0.3, 0.4) is 0 Å². The van der Waals surface area contributed by atoms with E-state index in [0.717, 1.165) is 16.0 Å². The average molecular weight is 442 g/mol. The largest absolute Gasteiger partial charge is 0.493 e. The van der Waals surface area contributed by atoms with Crippen LogP contribution in [0.5, 0.6) is 17.2 Å². The minimum absolute atomic E-state index is 0.00685. The third-order valence-electron chi connectivity index (χ3n) is 5.15. The topological polar surface area (TPSA) is 103 Å². The molecule has 9 heteroatoms. The smallest absolute Gasteiger partial charge is 0.417 e. The Balaban J connectivity index is 1.72. The minimum Gasteiger partial charge on any atom is -0.493 e. The van der Waals surface area contributed by atoms with Gasteiger partial charge in [-0.3, -0.25) is 9.59 Å². The second kappa shape index (κ2) is 10.5. The maximum Gasteiger partial charge on any atom is 0.417 e. The van der Waals surface area contributed by atoms with Gasteiger partial charge in [-0.05, 0) is 23.6 Å². The summed E-state index contributed by atoms with van der Waals surface area (Å²) in [6.45, 7) is -0.291. The summed E-state index contributed by atoms with van der Waals surface area (Å²) in [4.78, 5) is 37.6. The zero-order valence-electron chi connectivity index (χ0n) is 18.3. The van der Waals surface area contributed by atoms with E-state index >= 15 is 0 Å². The highest BCUT2D eigenvalue weighted by Gasteiger charge is 2.33. The van der Waals surface area contributed by atoms with Crippen molar-refractivity contribution in [3.63, 3.8) is 0 Å². The molecular weight excluding hydrogens is 416 g/mol. The van der Waals surface area contributed by atoms with Crippen molar-refractivity contribution < 1.29 is 33.3 Å². The lowest BCUT2D eigenvalue weighted by Crippen LogP contribution is -2.40. The number of nitrogens with one attached hydrogen (secondary N) is 1. The summed E-state index contributed by atoms with van der Waals surface area (Å²) in [7, 11) is 4.58. The van der Waals surface area contributed by atoms with E-state index in [2.05, 4.69) is 5.32 Å². The second-order valence-electron chi connectivity index (χ2n) is 7.08. The Morgan fingerprint density at radius 2 is 1.75 bits per heavy atom. The van der Waals surface area contributed by atoms with Crippen molar-refractivity contribution in [1.29, 1.82) is 0 Å². The van der Waals surface area contributed by atoms with Crippen LogP contribution in [0.2, 0.25) is 0 Å². The summed E-state index contributed by atoms with van der Waals surface area (Å²) < 4.78 is 20.9. The predicted molar refractivity (Wildman–Crippen MR) is 115 cm³/mol. The minimum atomic E-state index is -0.708. The molecule has 9 nitrogen and oxygen atoms in total. The molecule has 1 aliphatic heterocycles. The maximum atomic E-state index is 12.8. The molecule has 2 aromatic rings. The monoisotopic (exact) mass is 442 g/mol. The molecule has 3 amide bonds. The van der Waals surface area contributed by atoms with E-state index < -0.39 is 18.0 Å². The molecule has 0 bridgehead atoms. The van der Waals surface area contributed by atoms with Crippen LogP contribution in [0, 0.1) is 0 Å². The molecule has 3 rings (SSSR count). The van der Waals surface area contributed by atoms with Crippen molar-refractivity contribution in [3.05, 3.63) is 53.6 Å². The fraction of sp³-hybridized carbons (Fsp3) is 0.348. The molecule has 0 radical (unpaired) electrons. The number of amides is 3. The molecule has 1 fully saturated rings. The number of carbonyl (C=O) groups excluding carboxylic acids is 3. The van der Waals surface area contributed by atoms with Crippen LogP contribution in [0.25, 0.3) is 0 Å². The molecule has 1 atom stereocenters. The van der Waals surface area contributed by atoms with Crippen LogP contribution >= 0.6 is 0 Å². The summed E-state index contributed by atoms with van der Waals surface area (Å²) >= 11 is 0. The Morgan fingerprint density at radius 3 is 2.34 bits per heavy atom. The van der Waals surface area contributed by atoms with Gasteiger partial charge in [0.05, 0.1) is 33.9 Å². The summed E-state index contributed by atoms with van der Waals surface area (Å²) in [6.07, 6.45) is -0.157. The van der Waals surface area contributed by atoms with Gasteiger partial charge < -0.3 is 24.3 Å². The van der Waals surface area contributed by atoms with Crippen molar-refractivity contribution in [3.8, 4) is 17.2 Å². The standard InChI is InChI=1S/C23H26N2O7/c1-29-18-11-9-16(21(30-2)22(18)31-3)10-12-19(26)24-17(15-7-5-4-6-8-15)13-25-20(27)14-32-23(25)28/h4-9,11,17H,10,12-14H2,1-3H3,(H,24,26)/t17-/m0/s1. The molecule has 1 N–H and O–H groups in total. The molecule has 0 aliphatic carbocycles. The number of imide groups is 1. The summed E-state index contributed by atoms with van der Waals surface area (Å²) in [6, 6.07) is 12.2. The van der Waals surface area contributed by atoms with E-state index in [9.17, 15) is 14.4 Å². The molecule has 32 heavy (non-hydrogen) atoms. The summed E-state index contributed by atoms with van der Waals surface area (Å²) in [5, 5.41) is 2.92. The van der Waals surface area contributed by atoms with Crippen LogP contribution < -0.4 is 19.5 Å². The number of rotatable bonds is 10. The third kappa shape index (κ3) is 5.11. The molecule has 2 aromatic carbocycles. The summed E-state index contributed by atoms with van der Waals surface area (Å²) in [5.41, 5.74) is 1.56. The number of hydrogen-bond donors (Lipinski definition) is 1. The first-order valence-corrected chi connectivity index (χ1v) is 10.1. The number of methoxy groups -OCH3 is 3. The molecule has 1 heterocycles. The van der Waals surface area contributed by atoms with Gasteiger partial charge in [-0.15, -0.1) is 0 Å². The zero-order valence-corrected chi connectivity index (χ0v) is 18.3.